The third-order valence-electron chi connectivity index (χ3n) is 3.83. The van der Waals surface area contributed by atoms with Crippen LogP contribution in [0.2, 0.25) is 0 Å². The Kier molecular flexibility index (Phi) is 3.06. The maximum Gasteiger partial charge on any atom is 0.170 e. The highest BCUT2D eigenvalue weighted by Crippen LogP contribution is 2.39. The van der Waals surface area contributed by atoms with Gasteiger partial charge in [0.2, 0.25) is 0 Å². The first kappa shape index (κ1) is 12.3. The molecule has 0 aliphatic heterocycles. The SMILES string of the molecule is CC(C)(NCc1nnnn1-c1ccccc1)C1CC1. The lowest BCUT2D eigenvalue weighted by atomic mass is 9.99. The van der Waals surface area contributed by atoms with Crippen LogP contribution in [0.25, 0.3) is 5.69 Å². The molecular weight excluding hydrogens is 238 g/mol. The summed E-state index contributed by atoms with van der Waals surface area (Å²) in [6.07, 6.45) is 2.65. The van der Waals surface area contributed by atoms with Gasteiger partial charge in [-0.1, -0.05) is 18.2 Å². The average Bonchev–Trinajstić information content (AvgIpc) is 3.18. The van der Waals surface area contributed by atoms with E-state index in [1.54, 1.807) is 4.68 Å². The molecule has 100 valence electrons. The van der Waals surface area contributed by atoms with Gasteiger partial charge in [0, 0.05) is 5.54 Å². The van der Waals surface area contributed by atoms with E-state index >= 15 is 0 Å². The van der Waals surface area contributed by atoms with E-state index in [1.807, 2.05) is 30.3 Å². The molecule has 1 aliphatic rings. The minimum Gasteiger partial charge on any atom is -0.304 e. The fourth-order valence-corrected chi connectivity index (χ4v) is 2.34. The molecule has 0 bridgehead atoms. The Morgan fingerprint density at radius 1 is 1.26 bits per heavy atom. The fourth-order valence-electron chi connectivity index (χ4n) is 2.34. The van der Waals surface area contributed by atoms with Crippen molar-refractivity contribution in [2.45, 2.75) is 38.8 Å². The van der Waals surface area contributed by atoms with Crippen molar-refractivity contribution < 1.29 is 0 Å². The normalized spacial score (nSPS) is 15.7. The van der Waals surface area contributed by atoms with E-state index in [0.29, 0.717) is 6.54 Å². The molecule has 0 radical (unpaired) electrons. The molecule has 1 aromatic carbocycles. The van der Waals surface area contributed by atoms with Crippen LogP contribution in [-0.2, 0) is 6.54 Å². The van der Waals surface area contributed by atoms with Gasteiger partial charge in [-0.2, -0.15) is 4.68 Å². The monoisotopic (exact) mass is 257 g/mol. The molecule has 1 N–H and O–H groups in total. The van der Waals surface area contributed by atoms with Crippen molar-refractivity contribution in [3.05, 3.63) is 36.2 Å². The van der Waals surface area contributed by atoms with Gasteiger partial charge in [0.25, 0.3) is 0 Å². The average molecular weight is 257 g/mol. The summed E-state index contributed by atoms with van der Waals surface area (Å²) < 4.78 is 1.79. The summed E-state index contributed by atoms with van der Waals surface area (Å²) in [7, 11) is 0. The summed E-state index contributed by atoms with van der Waals surface area (Å²) in [6.45, 7) is 5.19. The number of tetrazole rings is 1. The topological polar surface area (TPSA) is 55.6 Å². The van der Waals surface area contributed by atoms with E-state index in [1.165, 1.54) is 12.8 Å². The Labute approximate surface area is 113 Å². The van der Waals surface area contributed by atoms with Gasteiger partial charge in [-0.3, -0.25) is 0 Å². The number of hydrogen-bond acceptors (Lipinski definition) is 4. The summed E-state index contributed by atoms with van der Waals surface area (Å²) in [4.78, 5) is 0. The van der Waals surface area contributed by atoms with Crippen molar-refractivity contribution in [1.29, 1.82) is 0 Å². The molecule has 0 saturated heterocycles. The summed E-state index contributed by atoms with van der Waals surface area (Å²) in [5.74, 6) is 1.63. The Balaban J connectivity index is 1.74. The minimum atomic E-state index is 0.160. The number of nitrogens with one attached hydrogen (secondary N) is 1. The lowest BCUT2D eigenvalue weighted by Crippen LogP contribution is -2.41. The predicted octanol–water partition coefficient (Wildman–Crippen LogP) is 1.94. The molecule has 0 unspecified atom stereocenters. The third kappa shape index (κ3) is 2.66. The quantitative estimate of drug-likeness (QED) is 0.889. The summed E-state index contributed by atoms with van der Waals surface area (Å²) in [5.41, 5.74) is 1.15. The van der Waals surface area contributed by atoms with E-state index < -0.39 is 0 Å². The Bertz CT molecular complexity index is 542. The van der Waals surface area contributed by atoms with Crippen molar-refractivity contribution in [2.24, 2.45) is 5.92 Å². The first-order valence-electron chi connectivity index (χ1n) is 6.74. The van der Waals surface area contributed by atoms with E-state index in [-0.39, 0.29) is 5.54 Å². The van der Waals surface area contributed by atoms with Gasteiger partial charge in [-0.25, -0.2) is 0 Å². The number of hydrogen-bond donors (Lipinski definition) is 1. The molecule has 0 atom stereocenters. The van der Waals surface area contributed by atoms with Crippen molar-refractivity contribution in [3.63, 3.8) is 0 Å². The number of rotatable bonds is 5. The first-order valence-corrected chi connectivity index (χ1v) is 6.74. The highest BCUT2D eigenvalue weighted by atomic mass is 15.5. The second-order valence-corrected chi connectivity index (χ2v) is 5.69. The molecule has 2 aromatic rings. The first-order chi connectivity index (χ1) is 9.17. The maximum absolute atomic E-state index is 4.11. The number of benzene rings is 1. The molecule has 5 nitrogen and oxygen atoms in total. The Morgan fingerprint density at radius 2 is 2.00 bits per heavy atom. The molecule has 3 rings (SSSR count). The summed E-state index contributed by atoms with van der Waals surface area (Å²) >= 11 is 0. The molecule has 19 heavy (non-hydrogen) atoms. The van der Waals surface area contributed by atoms with Gasteiger partial charge in [-0.15, -0.1) is 5.10 Å². The van der Waals surface area contributed by atoms with Crippen molar-refractivity contribution in [1.82, 2.24) is 25.5 Å². The standard InChI is InChI=1S/C14H19N5/c1-14(2,11-8-9-11)15-10-13-16-17-18-19(13)12-6-4-3-5-7-12/h3-7,11,15H,8-10H2,1-2H3. The van der Waals surface area contributed by atoms with E-state index in [0.717, 1.165) is 17.4 Å². The van der Waals surface area contributed by atoms with E-state index in [4.69, 9.17) is 0 Å². The van der Waals surface area contributed by atoms with Gasteiger partial charge in [0.05, 0.1) is 12.2 Å². The molecular formula is C14H19N5. The van der Waals surface area contributed by atoms with E-state index in [9.17, 15) is 0 Å². The van der Waals surface area contributed by atoms with Crippen LogP contribution < -0.4 is 5.32 Å². The minimum absolute atomic E-state index is 0.160. The van der Waals surface area contributed by atoms with Gasteiger partial charge in [0.15, 0.2) is 5.82 Å². The van der Waals surface area contributed by atoms with Crippen LogP contribution in [0.1, 0.15) is 32.5 Å². The van der Waals surface area contributed by atoms with Crippen LogP contribution in [-0.4, -0.2) is 25.7 Å². The maximum atomic E-state index is 4.11. The lowest BCUT2D eigenvalue weighted by Gasteiger charge is -2.25. The summed E-state index contributed by atoms with van der Waals surface area (Å²) in [6, 6.07) is 9.98. The molecule has 1 aliphatic carbocycles. The van der Waals surface area contributed by atoms with Crippen LogP contribution in [0.5, 0.6) is 0 Å². The van der Waals surface area contributed by atoms with Gasteiger partial charge < -0.3 is 5.32 Å². The molecule has 1 saturated carbocycles. The zero-order valence-corrected chi connectivity index (χ0v) is 11.4. The van der Waals surface area contributed by atoms with Gasteiger partial charge in [0.1, 0.15) is 0 Å². The van der Waals surface area contributed by atoms with Crippen molar-refractivity contribution in [3.8, 4) is 5.69 Å². The Morgan fingerprint density at radius 3 is 2.68 bits per heavy atom. The molecule has 1 aromatic heterocycles. The molecule has 5 heteroatoms. The second kappa shape index (κ2) is 4.74. The van der Waals surface area contributed by atoms with Crippen LogP contribution >= 0.6 is 0 Å². The Hall–Kier alpha value is -1.75. The van der Waals surface area contributed by atoms with Crippen LogP contribution in [0.3, 0.4) is 0 Å². The number of para-hydroxylation sites is 1. The molecule has 1 heterocycles. The molecule has 1 fully saturated rings. The smallest absolute Gasteiger partial charge is 0.170 e. The van der Waals surface area contributed by atoms with E-state index in [2.05, 4.69) is 34.7 Å². The second-order valence-electron chi connectivity index (χ2n) is 5.69. The van der Waals surface area contributed by atoms with Crippen LogP contribution in [0.15, 0.2) is 30.3 Å². The van der Waals surface area contributed by atoms with Crippen molar-refractivity contribution in [2.75, 3.05) is 0 Å². The van der Waals surface area contributed by atoms with Crippen molar-refractivity contribution >= 4 is 0 Å². The fraction of sp³-hybridized carbons (Fsp3) is 0.500. The van der Waals surface area contributed by atoms with Crippen LogP contribution in [0.4, 0.5) is 0 Å². The van der Waals surface area contributed by atoms with Crippen LogP contribution in [0, 0.1) is 5.92 Å². The van der Waals surface area contributed by atoms with Gasteiger partial charge in [-0.05, 0) is 55.2 Å². The molecule has 0 spiro atoms. The molecule has 0 amide bonds. The predicted molar refractivity (Wildman–Crippen MR) is 72.8 cm³/mol. The van der Waals surface area contributed by atoms with Gasteiger partial charge >= 0.3 is 0 Å². The highest BCUT2D eigenvalue weighted by Gasteiger charge is 2.37. The zero-order valence-electron chi connectivity index (χ0n) is 11.4. The zero-order chi connectivity index (χ0) is 13.3. The summed E-state index contributed by atoms with van der Waals surface area (Å²) in [5, 5.41) is 15.5. The number of aromatic nitrogens is 4. The number of nitrogens with zero attached hydrogens (tertiary/aromatic N) is 4. The third-order valence-corrected chi connectivity index (χ3v) is 3.83. The lowest BCUT2D eigenvalue weighted by molar-refractivity contribution is 0.334. The largest absolute Gasteiger partial charge is 0.304 e. The highest BCUT2D eigenvalue weighted by molar-refractivity contribution is 5.30.